The Morgan fingerprint density at radius 3 is 2.90 bits per heavy atom. The summed E-state index contributed by atoms with van der Waals surface area (Å²) in [6.45, 7) is 7.05. The summed E-state index contributed by atoms with van der Waals surface area (Å²) in [5, 5.41) is 0. The van der Waals surface area contributed by atoms with E-state index in [9.17, 15) is 0 Å². The van der Waals surface area contributed by atoms with Crippen LogP contribution in [0.25, 0.3) is 11.2 Å². The van der Waals surface area contributed by atoms with Gasteiger partial charge in [-0.3, -0.25) is 0 Å². The lowest BCUT2D eigenvalue weighted by atomic mass is 9.93. The van der Waals surface area contributed by atoms with Crippen LogP contribution >= 0.6 is 11.6 Å². The fourth-order valence-corrected chi connectivity index (χ4v) is 3.20. The minimum Gasteiger partial charge on any atom is -0.375 e. The summed E-state index contributed by atoms with van der Waals surface area (Å²) in [5.74, 6) is 1.31. The van der Waals surface area contributed by atoms with E-state index < -0.39 is 0 Å². The Labute approximate surface area is 124 Å². The Bertz CT molecular complexity index is 635. The van der Waals surface area contributed by atoms with Gasteiger partial charge in [0.15, 0.2) is 5.65 Å². The van der Waals surface area contributed by atoms with E-state index >= 15 is 0 Å². The minimum absolute atomic E-state index is 0.104. The van der Waals surface area contributed by atoms with Crippen LogP contribution in [0.5, 0.6) is 0 Å². The summed E-state index contributed by atoms with van der Waals surface area (Å²) in [5.41, 5.74) is 2.78. The topological polar surface area (TPSA) is 39.9 Å². The van der Waals surface area contributed by atoms with E-state index in [0.717, 1.165) is 42.1 Å². The third kappa shape index (κ3) is 2.42. The Kier molecular flexibility index (Phi) is 3.46. The lowest BCUT2D eigenvalue weighted by Gasteiger charge is -2.36. The van der Waals surface area contributed by atoms with Gasteiger partial charge in [0.2, 0.25) is 0 Å². The van der Waals surface area contributed by atoms with Crippen molar-refractivity contribution in [1.82, 2.24) is 14.5 Å². The van der Waals surface area contributed by atoms with Gasteiger partial charge in [0.25, 0.3) is 0 Å². The van der Waals surface area contributed by atoms with Crippen LogP contribution in [0.1, 0.15) is 44.2 Å². The molecule has 0 N–H and O–H groups in total. The van der Waals surface area contributed by atoms with E-state index in [1.165, 1.54) is 0 Å². The quantitative estimate of drug-likeness (QED) is 0.794. The highest BCUT2D eigenvalue weighted by Gasteiger charge is 2.32. The molecule has 0 amide bonds. The fraction of sp³-hybridized carbons (Fsp3) is 0.600. The first-order chi connectivity index (χ1) is 9.50. The molecule has 1 unspecified atom stereocenters. The molecule has 1 fully saturated rings. The third-order valence-corrected chi connectivity index (χ3v) is 4.14. The molecule has 2 aromatic heterocycles. The van der Waals surface area contributed by atoms with Gasteiger partial charge in [0, 0.05) is 18.3 Å². The highest BCUT2D eigenvalue weighted by Crippen LogP contribution is 2.35. The largest absolute Gasteiger partial charge is 0.375 e. The third-order valence-electron chi connectivity index (χ3n) is 3.91. The van der Waals surface area contributed by atoms with Crippen molar-refractivity contribution in [2.45, 2.75) is 51.1 Å². The van der Waals surface area contributed by atoms with Crippen molar-refractivity contribution >= 4 is 22.8 Å². The van der Waals surface area contributed by atoms with E-state index in [-0.39, 0.29) is 5.60 Å². The molecule has 3 heterocycles. The van der Waals surface area contributed by atoms with E-state index in [4.69, 9.17) is 16.3 Å². The molecule has 0 radical (unpaired) electrons. The summed E-state index contributed by atoms with van der Waals surface area (Å²) in [6.07, 6.45) is 1.94. The van der Waals surface area contributed by atoms with Crippen LogP contribution in [0.2, 0.25) is 0 Å². The van der Waals surface area contributed by atoms with Crippen LogP contribution in [0.4, 0.5) is 0 Å². The average molecular weight is 294 g/mol. The Morgan fingerprint density at radius 2 is 2.20 bits per heavy atom. The molecular formula is C15H20ClN3O. The number of ether oxygens (including phenoxy) is 1. The number of nitrogens with zero attached hydrogens (tertiary/aromatic N) is 3. The molecule has 1 aliphatic heterocycles. The molecule has 108 valence electrons. The molecule has 0 saturated carbocycles. The lowest BCUT2D eigenvalue weighted by Crippen LogP contribution is -2.35. The van der Waals surface area contributed by atoms with Crippen LogP contribution in [0.15, 0.2) is 12.1 Å². The predicted octanol–water partition coefficient (Wildman–Crippen LogP) is 3.61. The first kappa shape index (κ1) is 13.8. The first-order valence-corrected chi connectivity index (χ1v) is 7.58. The number of pyridine rings is 1. The normalized spacial score (nSPS) is 22.3. The monoisotopic (exact) mass is 293 g/mol. The zero-order valence-corrected chi connectivity index (χ0v) is 12.9. The standard InChI is InChI=1S/C15H20ClN3O/c1-10-4-5-12-14(17-10)19(13(9-16)18-12)11-6-7-20-15(2,3)8-11/h4-5,11H,6-9H2,1-3H3. The number of aryl methyl sites for hydroxylation is 1. The van der Waals surface area contributed by atoms with Crippen molar-refractivity contribution < 1.29 is 4.74 Å². The van der Waals surface area contributed by atoms with Gasteiger partial charge in [-0.05, 0) is 45.7 Å². The van der Waals surface area contributed by atoms with Gasteiger partial charge in [0.1, 0.15) is 11.3 Å². The molecule has 1 aliphatic rings. The number of rotatable bonds is 2. The number of alkyl halides is 1. The lowest BCUT2D eigenvalue weighted by molar-refractivity contribution is -0.0688. The average Bonchev–Trinajstić information content (AvgIpc) is 2.75. The molecular weight excluding hydrogens is 274 g/mol. The molecule has 2 aromatic rings. The Balaban J connectivity index is 2.11. The number of halogens is 1. The SMILES string of the molecule is Cc1ccc2nc(CCl)n(C3CCOC(C)(C)C3)c2n1. The predicted molar refractivity (Wildman–Crippen MR) is 80.1 cm³/mol. The van der Waals surface area contributed by atoms with Crippen molar-refractivity contribution in [1.29, 1.82) is 0 Å². The minimum atomic E-state index is -0.104. The van der Waals surface area contributed by atoms with Crippen molar-refractivity contribution in [3.05, 3.63) is 23.7 Å². The fourth-order valence-electron chi connectivity index (χ4n) is 3.01. The Morgan fingerprint density at radius 1 is 1.40 bits per heavy atom. The maximum absolute atomic E-state index is 6.09. The van der Waals surface area contributed by atoms with E-state index in [0.29, 0.717) is 11.9 Å². The smallest absolute Gasteiger partial charge is 0.160 e. The molecule has 1 atom stereocenters. The van der Waals surface area contributed by atoms with Gasteiger partial charge in [-0.15, -0.1) is 11.6 Å². The first-order valence-electron chi connectivity index (χ1n) is 7.04. The molecule has 3 rings (SSSR count). The zero-order chi connectivity index (χ0) is 14.3. The van der Waals surface area contributed by atoms with E-state index in [1.54, 1.807) is 0 Å². The van der Waals surface area contributed by atoms with Crippen molar-refractivity contribution in [2.75, 3.05) is 6.61 Å². The highest BCUT2D eigenvalue weighted by molar-refractivity contribution is 6.16. The van der Waals surface area contributed by atoms with Crippen molar-refractivity contribution in [3.63, 3.8) is 0 Å². The van der Waals surface area contributed by atoms with E-state index in [2.05, 4.69) is 28.4 Å². The number of fused-ring (bicyclic) bond motifs is 1. The molecule has 20 heavy (non-hydrogen) atoms. The molecule has 0 bridgehead atoms. The summed E-state index contributed by atoms with van der Waals surface area (Å²) < 4.78 is 8.04. The molecule has 0 spiro atoms. The second kappa shape index (κ2) is 5.01. The maximum Gasteiger partial charge on any atom is 0.160 e. The molecule has 0 aromatic carbocycles. The van der Waals surface area contributed by atoms with Crippen LogP contribution in [0.3, 0.4) is 0 Å². The second-order valence-electron chi connectivity index (χ2n) is 6.08. The Hall–Kier alpha value is -1.13. The molecule has 1 saturated heterocycles. The van der Waals surface area contributed by atoms with Gasteiger partial charge < -0.3 is 9.30 Å². The molecule has 5 heteroatoms. The number of hydrogen-bond acceptors (Lipinski definition) is 3. The zero-order valence-electron chi connectivity index (χ0n) is 12.2. The van der Waals surface area contributed by atoms with Crippen LogP contribution in [0, 0.1) is 6.92 Å². The van der Waals surface area contributed by atoms with E-state index in [1.807, 2.05) is 19.1 Å². The number of aromatic nitrogens is 3. The number of hydrogen-bond donors (Lipinski definition) is 0. The summed E-state index contributed by atoms with van der Waals surface area (Å²) in [6, 6.07) is 4.37. The van der Waals surface area contributed by atoms with Crippen LogP contribution < -0.4 is 0 Å². The van der Waals surface area contributed by atoms with Gasteiger partial charge in [0.05, 0.1) is 11.5 Å². The van der Waals surface area contributed by atoms with Gasteiger partial charge in [-0.25, -0.2) is 9.97 Å². The highest BCUT2D eigenvalue weighted by atomic mass is 35.5. The van der Waals surface area contributed by atoms with Gasteiger partial charge in [-0.1, -0.05) is 0 Å². The summed E-state index contributed by atoms with van der Waals surface area (Å²) >= 11 is 6.09. The van der Waals surface area contributed by atoms with Crippen LogP contribution in [-0.4, -0.2) is 26.7 Å². The van der Waals surface area contributed by atoms with Crippen molar-refractivity contribution in [2.24, 2.45) is 0 Å². The number of imidazole rings is 1. The van der Waals surface area contributed by atoms with Gasteiger partial charge >= 0.3 is 0 Å². The summed E-state index contributed by atoms with van der Waals surface area (Å²) in [7, 11) is 0. The molecule has 0 aliphatic carbocycles. The summed E-state index contributed by atoms with van der Waals surface area (Å²) in [4.78, 5) is 9.29. The maximum atomic E-state index is 6.09. The molecule has 4 nitrogen and oxygen atoms in total. The second-order valence-corrected chi connectivity index (χ2v) is 6.35. The van der Waals surface area contributed by atoms with Crippen molar-refractivity contribution in [3.8, 4) is 0 Å². The van der Waals surface area contributed by atoms with Gasteiger partial charge in [-0.2, -0.15) is 0 Å². The van der Waals surface area contributed by atoms with Crippen LogP contribution in [-0.2, 0) is 10.6 Å².